The summed E-state index contributed by atoms with van der Waals surface area (Å²) in [4.78, 5) is 10.6. The molecule has 5 nitrogen and oxygen atoms in total. The zero-order chi connectivity index (χ0) is 12.8. The van der Waals surface area contributed by atoms with Crippen LogP contribution in [0.3, 0.4) is 0 Å². The fourth-order valence-electron chi connectivity index (χ4n) is 1.27. The zero-order valence-corrected chi connectivity index (χ0v) is 9.31. The fraction of sp³-hybridized carbons (Fsp3) is 0.364. The topological polar surface area (TPSA) is 78.8 Å². The van der Waals surface area contributed by atoms with Gasteiger partial charge in [-0.15, -0.1) is 0 Å². The largest absolute Gasteiger partial charge is 0.478 e. The van der Waals surface area contributed by atoms with Crippen molar-refractivity contribution in [3.8, 4) is 0 Å². The average Bonchev–Trinajstić information content (AvgIpc) is 2.27. The number of hydrogen-bond donors (Lipinski definition) is 3. The molecule has 6 heteroatoms. The van der Waals surface area contributed by atoms with E-state index >= 15 is 0 Å². The Hall–Kier alpha value is -1.66. The molecule has 0 amide bonds. The second kappa shape index (κ2) is 6.17. The first-order valence-corrected chi connectivity index (χ1v) is 4.98. The molecular weight excluding hydrogens is 229 g/mol. The molecule has 1 unspecified atom stereocenters. The Balaban J connectivity index is 2.63. The summed E-state index contributed by atoms with van der Waals surface area (Å²) in [7, 11) is 1.45. The molecule has 3 N–H and O–H groups in total. The molecular formula is C11H14FNO4. The molecule has 0 aliphatic rings. The Morgan fingerprint density at radius 1 is 1.59 bits per heavy atom. The maximum Gasteiger partial charge on any atom is 0.335 e. The summed E-state index contributed by atoms with van der Waals surface area (Å²) < 4.78 is 18.1. The van der Waals surface area contributed by atoms with Crippen molar-refractivity contribution in [2.45, 2.75) is 6.10 Å². The molecule has 17 heavy (non-hydrogen) atoms. The van der Waals surface area contributed by atoms with Gasteiger partial charge in [-0.3, -0.25) is 0 Å². The molecule has 0 fully saturated rings. The molecule has 1 aromatic rings. The van der Waals surface area contributed by atoms with Crippen molar-refractivity contribution in [3.63, 3.8) is 0 Å². The Kier molecular flexibility index (Phi) is 4.86. The van der Waals surface area contributed by atoms with Crippen LogP contribution in [0.4, 0.5) is 10.1 Å². The van der Waals surface area contributed by atoms with Gasteiger partial charge in [-0.25, -0.2) is 9.18 Å². The summed E-state index contributed by atoms with van der Waals surface area (Å²) in [5.41, 5.74) is 0.0237. The number of carboxylic acids is 1. The molecule has 0 bridgehead atoms. The number of ether oxygens (including phenoxy) is 1. The highest BCUT2D eigenvalue weighted by molar-refractivity contribution is 5.88. The smallest absolute Gasteiger partial charge is 0.335 e. The van der Waals surface area contributed by atoms with Crippen LogP contribution in [0, 0.1) is 5.82 Å². The minimum atomic E-state index is -1.19. The average molecular weight is 243 g/mol. The molecule has 0 aromatic heterocycles. The minimum absolute atomic E-state index is 0.120. The van der Waals surface area contributed by atoms with E-state index in [0.717, 1.165) is 6.07 Å². The molecule has 1 atom stereocenters. The Labute approximate surface area is 97.8 Å². The molecule has 0 spiro atoms. The zero-order valence-electron chi connectivity index (χ0n) is 9.31. The van der Waals surface area contributed by atoms with Crippen LogP contribution >= 0.6 is 0 Å². The predicted octanol–water partition coefficient (Wildman–Crippen LogP) is 0.943. The summed E-state index contributed by atoms with van der Waals surface area (Å²) in [5.74, 6) is -1.86. The number of nitrogens with one attached hydrogen (secondary N) is 1. The maximum absolute atomic E-state index is 13.4. The van der Waals surface area contributed by atoms with Crippen LogP contribution in [0.5, 0.6) is 0 Å². The quantitative estimate of drug-likeness (QED) is 0.693. The molecule has 1 rings (SSSR count). The van der Waals surface area contributed by atoms with E-state index < -0.39 is 17.9 Å². The Bertz CT molecular complexity index is 397. The number of aromatic carboxylic acids is 1. The van der Waals surface area contributed by atoms with Gasteiger partial charge in [0.25, 0.3) is 0 Å². The van der Waals surface area contributed by atoms with Crippen molar-refractivity contribution in [2.24, 2.45) is 0 Å². The molecule has 0 saturated carbocycles. The molecule has 0 aliphatic carbocycles. The number of benzene rings is 1. The Morgan fingerprint density at radius 3 is 2.82 bits per heavy atom. The second-order valence-electron chi connectivity index (χ2n) is 3.49. The highest BCUT2D eigenvalue weighted by Crippen LogP contribution is 2.15. The monoisotopic (exact) mass is 243 g/mol. The van der Waals surface area contributed by atoms with Crippen molar-refractivity contribution in [1.29, 1.82) is 0 Å². The molecule has 0 radical (unpaired) electrons. The third kappa shape index (κ3) is 4.01. The number of carbonyl (C=O) groups is 1. The SMILES string of the molecule is COCC(O)CNc1ccc(C(=O)O)cc1F. The summed E-state index contributed by atoms with van der Waals surface area (Å²) in [6.07, 6.45) is -0.751. The van der Waals surface area contributed by atoms with Crippen molar-refractivity contribution >= 4 is 11.7 Å². The minimum Gasteiger partial charge on any atom is -0.478 e. The van der Waals surface area contributed by atoms with Crippen LogP contribution in [0.1, 0.15) is 10.4 Å². The van der Waals surface area contributed by atoms with Gasteiger partial charge >= 0.3 is 5.97 Å². The predicted molar refractivity (Wildman–Crippen MR) is 59.7 cm³/mol. The Morgan fingerprint density at radius 2 is 2.29 bits per heavy atom. The van der Waals surface area contributed by atoms with Crippen LogP contribution in [-0.4, -0.2) is 42.5 Å². The van der Waals surface area contributed by atoms with E-state index in [2.05, 4.69) is 5.32 Å². The highest BCUT2D eigenvalue weighted by Gasteiger charge is 2.09. The van der Waals surface area contributed by atoms with Crippen molar-refractivity contribution in [2.75, 3.05) is 25.6 Å². The standard InChI is InChI=1S/C11H14FNO4/c1-17-6-8(14)5-13-10-3-2-7(11(15)16)4-9(10)12/h2-4,8,13-14H,5-6H2,1H3,(H,15,16). The third-order valence-corrected chi connectivity index (χ3v) is 2.10. The van der Waals surface area contributed by atoms with Gasteiger partial charge in [-0.05, 0) is 18.2 Å². The number of aliphatic hydroxyl groups is 1. The van der Waals surface area contributed by atoms with Gasteiger partial charge in [0, 0.05) is 13.7 Å². The van der Waals surface area contributed by atoms with Crippen LogP contribution in [0.15, 0.2) is 18.2 Å². The summed E-state index contributed by atoms with van der Waals surface area (Å²) >= 11 is 0. The lowest BCUT2D eigenvalue weighted by Gasteiger charge is -2.12. The normalized spacial score (nSPS) is 12.2. The van der Waals surface area contributed by atoms with Crippen LogP contribution in [0.25, 0.3) is 0 Å². The van der Waals surface area contributed by atoms with E-state index in [1.54, 1.807) is 0 Å². The number of hydrogen-bond acceptors (Lipinski definition) is 4. The van der Waals surface area contributed by atoms with E-state index in [1.807, 2.05) is 0 Å². The number of anilines is 1. The molecule has 1 aromatic carbocycles. The number of aliphatic hydroxyl groups excluding tert-OH is 1. The lowest BCUT2D eigenvalue weighted by atomic mass is 10.2. The van der Waals surface area contributed by atoms with E-state index in [4.69, 9.17) is 9.84 Å². The maximum atomic E-state index is 13.4. The van der Waals surface area contributed by atoms with Crippen LogP contribution in [0.2, 0.25) is 0 Å². The van der Waals surface area contributed by atoms with E-state index in [1.165, 1.54) is 19.2 Å². The van der Waals surface area contributed by atoms with Crippen molar-refractivity contribution < 1.29 is 24.1 Å². The number of rotatable bonds is 6. The molecule has 0 aliphatic heterocycles. The van der Waals surface area contributed by atoms with Crippen LogP contribution < -0.4 is 5.32 Å². The van der Waals surface area contributed by atoms with Gasteiger partial charge in [0.2, 0.25) is 0 Å². The first-order chi connectivity index (χ1) is 8.04. The van der Waals surface area contributed by atoms with Gasteiger partial charge in [0.05, 0.1) is 24.0 Å². The van der Waals surface area contributed by atoms with Crippen molar-refractivity contribution in [1.82, 2.24) is 0 Å². The van der Waals surface area contributed by atoms with Gasteiger partial charge in [0.15, 0.2) is 0 Å². The lowest BCUT2D eigenvalue weighted by Crippen LogP contribution is -2.24. The van der Waals surface area contributed by atoms with E-state index in [-0.39, 0.29) is 24.4 Å². The van der Waals surface area contributed by atoms with Crippen LogP contribution in [-0.2, 0) is 4.74 Å². The van der Waals surface area contributed by atoms with Gasteiger partial charge in [-0.1, -0.05) is 0 Å². The number of methoxy groups -OCH3 is 1. The lowest BCUT2D eigenvalue weighted by molar-refractivity contribution is 0.0695. The summed E-state index contributed by atoms with van der Waals surface area (Å²) in [5, 5.41) is 20.7. The summed E-state index contributed by atoms with van der Waals surface area (Å²) in [6.45, 7) is 0.263. The van der Waals surface area contributed by atoms with Gasteiger partial charge in [0.1, 0.15) is 5.82 Å². The van der Waals surface area contributed by atoms with Crippen molar-refractivity contribution in [3.05, 3.63) is 29.6 Å². The first kappa shape index (κ1) is 13.4. The molecule has 0 saturated heterocycles. The second-order valence-corrected chi connectivity index (χ2v) is 3.49. The van der Waals surface area contributed by atoms with E-state index in [0.29, 0.717) is 0 Å². The number of halogens is 1. The van der Waals surface area contributed by atoms with Gasteiger partial charge < -0.3 is 20.3 Å². The first-order valence-electron chi connectivity index (χ1n) is 4.98. The fourth-order valence-corrected chi connectivity index (χ4v) is 1.27. The summed E-state index contributed by atoms with van der Waals surface area (Å²) in [6, 6.07) is 3.53. The molecule has 0 heterocycles. The number of carboxylic acid groups (broad SMARTS) is 1. The molecule has 94 valence electrons. The van der Waals surface area contributed by atoms with Gasteiger partial charge in [-0.2, -0.15) is 0 Å². The van der Waals surface area contributed by atoms with E-state index in [9.17, 15) is 14.3 Å². The highest BCUT2D eigenvalue weighted by atomic mass is 19.1. The third-order valence-electron chi connectivity index (χ3n) is 2.10.